The highest BCUT2D eigenvalue weighted by molar-refractivity contribution is 6.33. The Kier molecular flexibility index (Phi) is 2.74. The van der Waals surface area contributed by atoms with Crippen LogP contribution in [0, 0.1) is 10.1 Å². The number of rotatable bonds is 1. The molecule has 0 atom stereocenters. The Morgan fingerprint density at radius 1 is 1.47 bits per heavy atom. The van der Waals surface area contributed by atoms with Gasteiger partial charge in [-0.15, -0.1) is 0 Å². The van der Waals surface area contributed by atoms with Crippen molar-refractivity contribution in [2.24, 2.45) is 0 Å². The highest BCUT2D eigenvalue weighted by atomic mass is 35.5. The van der Waals surface area contributed by atoms with Crippen LogP contribution in [0.2, 0.25) is 5.02 Å². The Labute approximate surface area is 112 Å². The lowest BCUT2D eigenvalue weighted by Gasteiger charge is -2.28. The van der Waals surface area contributed by atoms with Crippen LogP contribution in [0.15, 0.2) is 12.1 Å². The van der Waals surface area contributed by atoms with Gasteiger partial charge in [0.1, 0.15) is 5.56 Å². The molecule has 8 heteroatoms. The van der Waals surface area contributed by atoms with Crippen molar-refractivity contribution in [3.8, 4) is 0 Å². The average Bonchev–Trinajstić information content (AvgIpc) is 2.47. The summed E-state index contributed by atoms with van der Waals surface area (Å²) in [7, 11) is 0. The summed E-state index contributed by atoms with van der Waals surface area (Å²) < 4.78 is 0. The van der Waals surface area contributed by atoms with Gasteiger partial charge in [-0.25, -0.2) is 9.69 Å². The van der Waals surface area contributed by atoms with Crippen LogP contribution in [0.25, 0.3) is 0 Å². The maximum Gasteiger partial charge on any atom is 0.415 e. The Balaban J connectivity index is 2.84. The number of carboxylic acid groups (broad SMARTS) is 1. The Morgan fingerprint density at radius 2 is 2.05 bits per heavy atom. The SMILES string of the molecule is CC1(C)c2c(Cl)ccc([N+](=O)[O-])c2C(=O)N1C(=O)O. The van der Waals surface area contributed by atoms with Gasteiger partial charge in [0.25, 0.3) is 11.6 Å². The highest BCUT2D eigenvalue weighted by Gasteiger charge is 2.51. The summed E-state index contributed by atoms with van der Waals surface area (Å²) >= 11 is 5.97. The molecule has 0 radical (unpaired) electrons. The van der Waals surface area contributed by atoms with Crippen molar-refractivity contribution in [3.05, 3.63) is 38.4 Å². The Morgan fingerprint density at radius 3 is 2.53 bits per heavy atom. The van der Waals surface area contributed by atoms with Crippen molar-refractivity contribution >= 4 is 29.3 Å². The van der Waals surface area contributed by atoms with E-state index < -0.39 is 28.2 Å². The van der Waals surface area contributed by atoms with Gasteiger partial charge in [0.05, 0.1) is 10.5 Å². The summed E-state index contributed by atoms with van der Waals surface area (Å²) in [6.45, 7) is 2.95. The fourth-order valence-corrected chi connectivity index (χ4v) is 2.73. The zero-order chi connectivity index (χ0) is 14.5. The van der Waals surface area contributed by atoms with Crippen molar-refractivity contribution in [2.75, 3.05) is 0 Å². The molecule has 100 valence electrons. The van der Waals surface area contributed by atoms with Gasteiger partial charge >= 0.3 is 6.09 Å². The molecule has 0 fully saturated rings. The van der Waals surface area contributed by atoms with Gasteiger partial charge in [0, 0.05) is 16.7 Å². The molecule has 1 aliphatic heterocycles. The number of amides is 2. The maximum atomic E-state index is 12.1. The number of nitrogens with zero attached hydrogens (tertiary/aromatic N) is 2. The molecule has 2 amide bonds. The molecule has 1 N–H and O–H groups in total. The first-order valence-electron chi connectivity index (χ1n) is 5.24. The molecule has 19 heavy (non-hydrogen) atoms. The smallest absolute Gasteiger partial charge is 0.415 e. The minimum absolute atomic E-state index is 0.128. The van der Waals surface area contributed by atoms with Crippen molar-refractivity contribution < 1.29 is 19.6 Å². The number of fused-ring (bicyclic) bond motifs is 1. The molecule has 1 aromatic rings. The van der Waals surface area contributed by atoms with E-state index in [0.717, 1.165) is 6.07 Å². The first kappa shape index (κ1) is 13.3. The van der Waals surface area contributed by atoms with Crippen LogP contribution in [0.1, 0.15) is 29.8 Å². The maximum absolute atomic E-state index is 12.1. The van der Waals surface area contributed by atoms with Crippen molar-refractivity contribution in [1.82, 2.24) is 4.90 Å². The molecule has 0 spiro atoms. The normalized spacial score (nSPS) is 16.4. The third-order valence-electron chi connectivity index (χ3n) is 3.11. The molecule has 1 aromatic carbocycles. The number of carbonyl (C=O) groups excluding carboxylic acids is 1. The highest BCUT2D eigenvalue weighted by Crippen LogP contribution is 2.45. The monoisotopic (exact) mass is 284 g/mol. The van der Waals surface area contributed by atoms with Crippen LogP contribution in [-0.2, 0) is 5.54 Å². The topological polar surface area (TPSA) is 101 Å². The van der Waals surface area contributed by atoms with Gasteiger partial charge < -0.3 is 5.11 Å². The van der Waals surface area contributed by atoms with Crippen LogP contribution in [0.3, 0.4) is 0 Å². The summed E-state index contributed by atoms with van der Waals surface area (Å²) in [5.74, 6) is -0.929. The molecule has 0 saturated carbocycles. The van der Waals surface area contributed by atoms with Crippen molar-refractivity contribution in [3.63, 3.8) is 0 Å². The van der Waals surface area contributed by atoms with Crippen LogP contribution < -0.4 is 0 Å². The molecular formula is C11H9ClN2O5. The van der Waals surface area contributed by atoms with Crippen molar-refractivity contribution in [2.45, 2.75) is 19.4 Å². The van der Waals surface area contributed by atoms with Crippen LogP contribution in [0.5, 0.6) is 0 Å². The lowest BCUT2D eigenvalue weighted by Crippen LogP contribution is -2.42. The number of imide groups is 1. The summed E-state index contributed by atoms with van der Waals surface area (Å²) in [6, 6.07) is 2.39. The van der Waals surface area contributed by atoms with Gasteiger partial charge in [-0.2, -0.15) is 0 Å². The van der Waals surface area contributed by atoms with Crippen LogP contribution in [0.4, 0.5) is 10.5 Å². The molecule has 0 aromatic heterocycles. The predicted octanol–water partition coefficient (Wildman–Crippen LogP) is 2.62. The van der Waals surface area contributed by atoms with E-state index >= 15 is 0 Å². The number of halogens is 1. The fourth-order valence-electron chi connectivity index (χ4n) is 2.34. The van der Waals surface area contributed by atoms with E-state index in [1.54, 1.807) is 0 Å². The third kappa shape index (κ3) is 1.66. The van der Waals surface area contributed by atoms with E-state index in [-0.39, 0.29) is 16.1 Å². The van der Waals surface area contributed by atoms with E-state index in [4.69, 9.17) is 16.7 Å². The quantitative estimate of drug-likeness (QED) is 0.631. The predicted molar refractivity (Wildman–Crippen MR) is 65.3 cm³/mol. The lowest BCUT2D eigenvalue weighted by molar-refractivity contribution is -0.385. The van der Waals surface area contributed by atoms with Gasteiger partial charge in [0.2, 0.25) is 0 Å². The Hall–Kier alpha value is -2.15. The lowest BCUT2D eigenvalue weighted by atomic mass is 9.93. The van der Waals surface area contributed by atoms with Gasteiger partial charge in [-0.3, -0.25) is 14.9 Å². The van der Waals surface area contributed by atoms with Gasteiger partial charge in [-0.1, -0.05) is 11.6 Å². The van der Waals surface area contributed by atoms with E-state index in [9.17, 15) is 19.7 Å². The fraction of sp³-hybridized carbons (Fsp3) is 0.273. The number of benzene rings is 1. The van der Waals surface area contributed by atoms with Crippen LogP contribution >= 0.6 is 11.6 Å². The average molecular weight is 285 g/mol. The zero-order valence-electron chi connectivity index (χ0n) is 10.0. The summed E-state index contributed by atoms with van der Waals surface area (Å²) in [4.78, 5) is 34.1. The summed E-state index contributed by atoms with van der Waals surface area (Å²) in [6.07, 6.45) is -1.48. The minimum Gasteiger partial charge on any atom is -0.465 e. The molecule has 2 rings (SSSR count). The number of hydrogen-bond donors (Lipinski definition) is 1. The second-order valence-electron chi connectivity index (χ2n) is 4.56. The van der Waals surface area contributed by atoms with Gasteiger partial charge in [0.15, 0.2) is 0 Å². The van der Waals surface area contributed by atoms with E-state index in [1.807, 2.05) is 0 Å². The molecule has 0 saturated heterocycles. The first-order valence-corrected chi connectivity index (χ1v) is 5.62. The number of nitro benzene ring substituents is 1. The third-order valence-corrected chi connectivity index (χ3v) is 3.42. The first-order chi connectivity index (χ1) is 8.69. The standard InChI is InChI=1S/C11H9ClN2O5/c1-11(2)8-5(12)3-4-6(14(18)19)7(8)9(15)13(11)10(16)17/h3-4H,1-2H3,(H,16,17). The largest absolute Gasteiger partial charge is 0.465 e. The zero-order valence-corrected chi connectivity index (χ0v) is 10.8. The van der Waals surface area contributed by atoms with Crippen molar-refractivity contribution in [1.29, 1.82) is 0 Å². The minimum atomic E-state index is -1.48. The van der Waals surface area contributed by atoms with E-state index in [1.165, 1.54) is 19.9 Å². The summed E-state index contributed by atoms with van der Waals surface area (Å²) in [5, 5.41) is 20.2. The molecular weight excluding hydrogens is 276 g/mol. The molecule has 0 bridgehead atoms. The number of carbonyl (C=O) groups is 2. The Bertz CT molecular complexity index is 626. The number of nitro groups is 1. The van der Waals surface area contributed by atoms with Crippen LogP contribution in [-0.4, -0.2) is 26.9 Å². The molecule has 0 aliphatic carbocycles. The molecule has 1 heterocycles. The second kappa shape index (κ2) is 3.92. The molecule has 1 aliphatic rings. The van der Waals surface area contributed by atoms with E-state index in [2.05, 4.69) is 0 Å². The van der Waals surface area contributed by atoms with E-state index in [0.29, 0.717) is 4.90 Å². The summed E-state index contributed by atoms with van der Waals surface area (Å²) in [5.41, 5.74) is -1.79. The molecule has 0 unspecified atom stereocenters. The van der Waals surface area contributed by atoms with Gasteiger partial charge in [-0.05, 0) is 19.9 Å². The molecule has 7 nitrogen and oxygen atoms in total. The number of hydrogen-bond acceptors (Lipinski definition) is 4. The second-order valence-corrected chi connectivity index (χ2v) is 4.96.